The van der Waals surface area contributed by atoms with Crippen molar-refractivity contribution < 1.29 is 66.1 Å². The summed E-state index contributed by atoms with van der Waals surface area (Å²) in [6, 6.07) is 0. The van der Waals surface area contributed by atoms with Crippen LogP contribution in [0, 0.1) is 0 Å². The van der Waals surface area contributed by atoms with Crippen LogP contribution in [0.1, 0.15) is 12.8 Å². The van der Waals surface area contributed by atoms with E-state index in [0.29, 0.717) is 6.08 Å². The normalized spacial score (nSPS) is 16.4. The zero-order valence-electron chi connectivity index (χ0n) is 13.9. The van der Waals surface area contributed by atoms with Crippen molar-refractivity contribution in [3.8, 4) is 0 Å². The van der Waals surface area contributed by atoms with Crippen LogP contribution in [-0.4, -0.2) is 62.0 Å². The first-order chi connectivity index (χ1) is 12.2. The minimum absolute atomic E-state index is 0.249. The fraction of sp³-hybridized carbons (Fsp3) is 0.750. The van der Waals surface area contributed by atoms with Crippen LogP contribution in [-0.2, 0) is 19.6 Å². The van der Waals surface area contributed by atoms with Crippen LogP contribution in [0.5, 0.6) is 0 Å². The highest BCUT2D eigenvalue weighted by Crippen LogP contribution is 2.55. The number of carbonyl (C=O) groups is 1. The van der Waals surface area contributed by atoms with Gasteiger partial charge in [0.1, 0.15) is 13.6 Å². The Balaban J connectivity index is 5.58. The fourth-order valence-electron chi connectivity index (χ4n) is 1.61. The molecular formula is C12H14F10NO4S+. The van der Waals surface area contributed by atoms with Crippen LogP contribution in [0.4, 0.5) is 44.0 Å². The predicted molar refractivity (Wildman–Crippen MR) is 72.4 cm³/mol. The SMILES string of the molecule is C=CC(=O)OCCCC[N+](C)(F)S(=O)(=O)C(F)(F)C(F)(F)C(F)(F)C(F)(F)F. The zero-order chi connectivity index (χ0) is 22.8. The molecule has 0 aromatic rings. The average molecular weight is 458 g/mol. The van der Waals surface area contributed by atoms with E-state index in [4.69, 9.17) is 0 Å². The Morgan fingerprint density at radius 3 is 1.86 bits per heavy atom. The van der Waals surface area contributed by atoms with Gasteiger partial charge in [0, 0.05) is 17.0 Å². The van der Waals surface area contributed by atoms with Crippen LogP contribution in [0.2, 0.25) is 0 Å². The van der Waals surface area contributed by atoms with E-state index in [1.165, 1.54) is 0 Å². The topological polar surface area (TPSA) is 60.4 Å². The lowest BCUT2D eigenvalue weighted by Crippen LogP contribution is -2.67. The Morgan fingerprint density at radius 2 is 1.46 bits per heavy atom. The lowest BCUT2D eigenvalue weighted by Gasteiger charge is -2.34. The second-order valence-corrected chi connectivity index (χ2v) is 7.65. The summed E-state index contributed by atoms with van der Waals surface area (Å²) in [6.07, 6.45) is -7.63. The van der Waals surface area contributed by atoms with Crippen molar-refractivity contribution in [1.29, 1.82) is 0 Å². The maximum Gasteiger partial charge on any atom is 0.467 e. The Kier molecular flexibility index (Phi) is 7.59. The van der Waals surface area contributed by atoms with Gasteiger partial charge >= 0.3 is 39.3 Å². The van der Waals surface area contributed by atoms with E-state index in [9.17, 15) is 57.2 Å². The molecule has 16 heteroatoms. The van der Waals surface area contributed by atoms with Gasteiger partial charge in [-0.15, -0.1) is 0 Å². The lowest BCUT2D eigenvalue weighted by atomic mass is 10.1. The number of rotatable bonds is 10. The molecule has 0 rings (SSSR count). The summed E-state index contributed by atoms with van der Waals surface area (Å²) in [5, 5.41) is -7.13. The molecule has 0 aliphatic heterocycles. The molecule has 1 atom stereocenters. The van der Waals surface area contributed by atoms with Crippen molar-refractivity contribution in [3.63, 3.8) is 0 Å². The Morgan fingerprint density at radius 1 is 1.00 bits per heavy atom. The van der Waals surface area contributed by atoms with Crippen LogP contribution in [0.3, 0.4) is 0 Å². The number of ether oxygens (including phenoxy) is 1. The maximum atomic E-state index is 14.1. The molecule has 0 aliphatic carbocycles. The van der Waals surface area contributed by atoms with Crippen molar-refractivity contribution in [1.82, 2.24) is 0 Å². The minimum Gasteiger partial charge on any atom is -0.463 e. The first-order valence-electron chi connectivity index (χ1n) is 7.00. The van der Waals surface area contributed by atoms with Gasteiger partial charge in [-0.2, -0.15) is 47.9 Å². The molecule has 0 aromatic heterocycles. The third-order valence-corrected chi connectivity index (χ3v) is 5.39. The second-order valence-electron chi connectivity index (χ2n) is 5.43. The maximum absolute atomic E-state index is 14.1. The summed E-state index contributed by atoms with van der Waals surface area (Å²) in [5.74, 6) is -15.9. The van der Waals surface area contributed by atoms with Crippen molar-refractivity contribution in [2.24, 2.45) is 0 Å². The standard InChI is InChI=1S/C12H14F10NO4S/c1-3-8(24)27-7-5-4-6-23(2,22)28(25,26)12(20,21)10(15,16)9(13,14)11(17,18)19/h3H,1,4-7H2,2H3/q+1. The van der Waals surface area contributed by atoms with Gasteiger partial charge in [0.2, 0.25) is 0 Å². The number of quaternary nitrogens is 1. The second kappa shape index (κ2) is 8.04. The first-order valence-corrected chi connectivity index (χ1v) is 8.44. The molecule has 0 radical (unpaired) electrons. The predicted octanol–water partition coefficient (Wildman–Crippen LogP) is 3.58. The summed E-state index contributed by atoms with van der Waals surface area (Å²) >= 11 is 0. The average Bonchev–Trinajstić information content (AvgIpc) is 2.52. The summed E-state index contributed by atoms with van der Waals surface area (Å²) < 4.78 is 153. The smallest absolute Gasteiger partial charge is 0.463 e. The highest BCUT2D eigenvalue weighted by atomic mass is 32.2. The number of hydrogen-bond acceptors (Lipinski definition) is 4. The third-order valence-electron chi connectivity index (χ3n) is 3.30. The summed E-state index contributed by atoms with van der Waals surface area (Å²) in [6.45, 7) is 0.965. The van der Waals surface area contributed by atoms with Crippen LogP contribution in [0.15, 0.2) is 12.7 Å². The Labute approximate surface area is 152 Å². The monoisotopic (exact) mass is 458 g/mol. The molecule has 0 saturated heterocycles. The minimum atomic E-state index is -7.51. The molecule has 0 bridgehead atoms. The van der Waals surface area contributed by atoms with Crippen molar-refractivity contribution >= 4 is 16.0 Å². The van der Waals surface area contributed by atoms with E-state index in [0.717, 1.165) is 0 Å². The molecule has 28 heavy (non-hydrogen) atoms. The molecule has 0 N–H and O–H groups in total. The van der Waals surface area contributed by atoms with Crippen molar-refractivity contribution in [2.45, 2.75) is 36.1 Å². The van der Waals surface area contributed by atoms with Gasteiger partial charge in [0.15, 0.2) is 0 Å². The number of carbonyl (C=O) groups excluding carboxylic acids is 1. The Hall–Kier alpha value is -1.58. The largest absolute Gasteiger partial charge is 0.467 e. The molecule has 0 saturated carbocycles. The number of hydrogen-bond donors (Lipinski definition) is 0. The van der Waals surface area contributed by atoms with E-state index in [2.05, 4.69) is 11.3 Å². The quantitative estimate of drug-likeness (QED) is 0.165. The molecule has 5 nitrogen and oxygen atoms in total. The highest BCUT2D eigenvalue weighted by molar-refractivity contribution is 7.87. The zero-order valence-corrected chi connectivity index (χ0v) is 14.7. The fourth-order valence-corrected chi connectivity index (χ4v) is 2.91. The van der Waals surface area contributed by atoms with Crippen molar-refractivity contribution in [3.05, 3.63) is 12.7 Å². The molecule has 0 aliphatic rings. The van der Waals surface area contributed by atoms with E-state index in [1.807, 2.05) is 0 Å². The van der Waals surface area contributed by atoms with E-state index in [-0.39, 0.29) is 13.5 Å². The van der Waals surface area contributed by atoms with Gasteiger partial charge in [-0.1, -0.05) is 6.58 Å². The van der Waals surface area contributed by atoms with Crippen LogP contribution >= 0.6 is 0 Å². The van der Waals surface area contributed by atoms with Gasteiger partial charge in [0.05, 0.1) is 6.61 Å². The molecule has 166 valence electrons. The Bertz CT molecular complexity index is 687. The van der Waals surface area contributed by atoms with Gasteiger partial charge in [0.25, 0.3) is 0 Å². The third kappa shape index (κ3) is 4.52. The molecule has 0 amide bonds. The van der Waals surface area contributed by atoms with E-state index in [1.54, 1.807) is 0 Å². The molecule has 0 fully saturated rings. The number of sulfonamides is 1. The van der Waals surface area contributed by atoms with E-state index >= 15 is 0 Å². The van der Waals surface area contributed by atoms with Gasteiger partial charge in [-0.25, -0.2) is 4.79 Å². The number of esters is 1. The molecule has 0 heterocycles. The van der Waals surface area contributed by atoms with Crippen LogP contribution in [0.25, 0.3) is 0 Å². The van der Waals surface area contributed by atoms with Gasteiger partial charge in [-0.05, 0) is 10.5 Å². The molecule has 1 unspecified atom stereocenters. The summed E-state index contributed by atoms with van der Waals surface area (Å²) in [5.41, 5.74) is 0. The molecule has 0 spiro atoms. The first kappa shape index (κ1) is 26.4. The highest BCUT2D eigenvalue weighted by Gasteiger charge is 2.88. The number of halogens is 10. The number of nitrogens with zero attached hydrogens (tertiary/aromatic N) is 1. The number of unbranched alkanes of at least 4 members (excludes halogenated alkanes) is 1. The van der Waals surface area contributed by atoms with E-state index < -0.39 is 63.0 Å². The van der Waals surface area contributed by atoms with Gasteiger partial charge < -0.3 is 4.74 Å². The number of alkyl halides is 9. The molecular weight excluding hydrogens is 444 g/mol. The van der Waals surface area contributed by atoms with Crippen molar-refractivity contribution in [2.75, 3.05) is 20.2 Å². The van der Waals surface area contributed by atoms with Crippen LogP contribution < -0.4 is 0 Å². The molecule has 0 aromatic carbocycles. The lowest BCUT2D eigenvalue weighted by molar-refractivity contribution is -0.934. The summed E-state index contributed by atoms with van der Waals surface area (Å²) in [7, 11) is -7.51. The van der Waals surface area contributed by atoms with Gasteiger partial charge in [-0.3, -0.25) is 0 Å². The summed E-state index contributed by atoms with van der Waals surface area (Å²) in [4.78, 5) is 10.7.